The summed E-state index contributed by atoms with van der Waals surface area (Å²) in [5, 5.41) is 2.77. The van der Waals surface area contributed by atoms with Gasteiger partial charge in [-0.05, 0) is 65.0 Å². The number of amides is 1. The van der Waals surface area contributed by atoms with Gasteiger partial charge in [0.25, 0.3) is 11.5 Å². The molecular weight excluding hydrogens is 434 g/mol. The van der Waals surface area contributed by atoms with E-state index in [1.165, 1.54) is 0 Å². The molecule has 34 heavy (non-hydrogen) atoms. The Morgan fingerprint density at radius 3 is 2.74 bits per heavy atom. The van der Waals surface area contributed by atoms with Crippen LogP contribution < -0.4 is 15.6 Å². The van der Waals surface area contributed by atoms with Gasteiger partial charge >= 0.3 is 0 Å². The first kappa shape index (κ1) is 21.3. The van der Waals surface area contributed by atoms with Crippen molar-refractivity contribution >= 4 is 17.4 Å². The predicted molar refractivity (Wildman–Crippen MR) is 126 cm³/mol. The molecule has 3 aliphatic rings. The van der Waals surface area contributed by atoms with E-state index >= 15 is 0 Å². The maximum absolute atomic E-state index is 13.3. The van der Waals surface area contributed by atoms with Crippen molar-refractivity contribution in [2.24, 2.45) is 0 Å². The van der Waals surface area contributed by atoms with Gasteiger partial charge in [-0.15, -0.1) is 0 Å². The van der Waals surface area contributed by atoms with Gasteiger partial charge in [0.15, 0.2) is 0 Å². The summed E-state index contributed by atoms with van der Waals surface area (Å²) < 4.78 is 15.4. The van der Waals surface area contributed by atoms with Gasteiger partial charge in [0.05, 0.1) is 24.0 Å². The second-order valence-electron chi connectivity index (χ2n) is 10.5. The fourth-order valence-corrected chi connectivity index (χ4v) is 5.31. The summed E-state index contributed by atoms with van der Waals surface area (Å²) in [5.41, 5.74) is 1.04. The van der Waals surface area contributed by atoms with E-state index in [0.717, 1.165) is 37.8 Å². The quantitative estimate of drug-likeness (QED) is 0.601. The van der Waals surface area contributed by atoms with Gasteiger partial charge in [-0.1, -0.05) is 0 Å². The summed E-state index contributed by atoms with van der Waals surface area (Å²) >= 11 is 0. The number of rotatable bonds is 6. The lowest BCUT2D eigenvalue weighted by Crippen LogP contribution is -2.26. The third-order valence-corrected chi connectivity index (χ3v) is 7.25. The molecule has 1 saturated heterocycles. The van der Waals surface area contributed by atoms with Crippen LogP contribution in [0.5, 0.6) is 5.88 Å². The molecule has 3 fully saturated rings. The van der Waals surface area contributed by atoms with Crippen molar-refractivity contribution in [3.63, 3.8) is 0 Å². The van der Waals surface area contributed by atoms with E-state index in [0.29, 0.717) is 12.4 Å². The van der Waals surface area contributed by atoms with Crippen LogP contribution in [0, 0.1) is 0 Å². The molecule has 0 radical (unpaired) electrons. The van der Waals surface area contributed by atoms with E-state index in [9.17, 15) is 9.59 Å². The van der Waals surface area contributed by atoms with Crippen molar-refractivity contribution in [3.05, 3.63) is 52.3 Å². The standard InChI is InChI=1S/C25H29N5O4/c1-15(2)34-21-17(20(31)26-18-5-4-10-30(22(18)32)16-6-7-16)11-29-12-19(27-23(29)28-21)25-9-8-24(3,13-25)33-14-25/h4-5,10-12,15-16H,6-9,13-14H2,1-3H3,(H,26,31)/t24-,25?/m0/s1. The number of hydrogen-bond acceptors (Lipinski definition) is 6. The number of carbonyl (C=O) groups is 1. The molecule has 9 heteroatoms. The van der Waals surface area contributed by atoms with Crippen LogP contribution in [0.15, 0.2) is 35.5 Å². The average molecular weight is 464 g/mol. The number of nitrogens with zero attached hydrogens (tertiary/aromatic N) is 4. The fourth-order valence-electron chi connectivity index (χ4n) is 5.31. The van der Waals surface area contributed by atoms with Crippen molar-refractivity contribution in [1.82, 2.24) is 18.9 Å². The Morgan fingerprint density at radius 2 is 2.09 bits per heavy atom. The molecule has 9 nitrogen and oxygen atoms in total. The minimum atomic E-state index is -0.443. The largest absolute Gasteiger partial charge is 0.474 e. The highest BCUT2D eigenvalue weighted by Gasteiger charge is 2.55. The van der Waals surface area contributed by atoms with Crippen LogP contribution in [0.4, 0.5) is 5.69 Å². The Kier molecular flexibility index (Phi) is 4.64. The maximum atomic E-state index is 13.3. The van der Waals surface area contributed by atoms with Crippen LogP contribution in [-0.4, -0.2) is 43.2 Å². The Bertz CT molecular complexity index is 1350. The normalized spacial score (nSPS) is 25.9. The van der Waals surface area contributed by atoms with Crippen LogP contribution in [-0.2, 0) is 10.2 Å². The zero-order valence-corrected chi connectivity index (χ0v) is 19.7. The van der Waals surface area contributed by atoms with Crippen molar-refractivity contribution in [2.45, 2.75) is 76.0 Å². The molecule has 6 rings (SSSR count). The molecule has 2 bridgehead atoms. The Balaban J connectivity index is 1.37. The van der Waals surface area contributed by atoms with Crippen LogP contribution >= 0.6 is 0 Å². The number of imidazole rings is 1. The number of hydrogen-bond donors (Lipinski definition) is 1. The summed E-state index contributed by atoms with van der Waals surface area (Å²) in [4.78, 5) is 35.5. The third-order valence-electron chi connectivity index (χ3n) is 7.25. The number of pyridine rings is 1. The first-order chi connectivity index (χ1) is 16.3. The average Bonchev–Trinajstić information content (AvgIpc) is 3.32. The first-order valence-electron chi connectivity index (χ1n) is 12.0. The molecule has 178 valence electrons. The summed E-state index contributed by atoms with van der Waals surface area (Å²) in [6.45, 7) is 6.57. The molecule has 4 heterocycles. The summed E-state index contributed by atoms with van der Waals surface area (Å²) in [5.74, 6) is 0.238. The van der Waals surface area contributed by atoms with Crippen molar-refractivity contribution in [1.29, 1.82) is 0 Å². The summed E-state index contributed by atoms with van der Waals surface area (Å²) in [6.07, 6.45) is 10.2. The number of fused-ring (bicyclic) bond motifs is 3. The van der Waals surface area contributed by atoms with Crippen LogP contribution in [0.3, 0.4) is 0 Å². The highest BCUT2D eigenvalue weighted by Crippen LogP contribution is 2.53. The second kappa shape index (κ2) is 7.40. The van der Waals surface area contributed by atoms with Crippen LogP contribution in [0.2, 0.25) is 0 Å². The molecule has 2 aliphatic carbocycles. The lowest BCUT2D eigenvalue weighted by Gasteiger charge is -2.24. The van der Waals surface area contributed by atoms with Gasteiger partial charge in [0.2, 0.25) is 11.7 Å². The maximum Gasteiger partial charge on any atom is 0.274 e. The highest BCUT2D eigenvalue weighted by molar-refractivity contribution is 6.05. The number of anilines is 1. The first-order valence-corrected chi connectivity index (χ1v) is 12.0. The van der Waals surface area contributed by atoms with E-state index in [1.54, 1.807) is 33.5 Å². The molecule has 0 aromatic carbocycles. The number of aromatic nitrogens is 4. The van der Waals surface area contributed by atoms with Gasteiger partial charge in [-0.2, -0.15) is 4.98 Å². The minimum Gasteiger partial charge on any atom is -0.474 e. The Hall–Kier alpha value is -3.20. The van der Waals surface area contributed by atoms with Crippen molar-refractivity contribution in [2.75, 3.05) is 11.9 Å². The number of ether oxygens (including phenoxy) is 2. The van der Waals surface area contributed by atoms with E-state index in [1.807, 2.05) is 20.0 Å². The molecule has 2 saturated carbocycles. The molecule has 0 spiro atoms. The zero-order valence-electron chi connectivity index (χ0n) is 19.7. The van der Waals surface area contributed by atoms with Crippen molar-refractivity contribution in [3.8, 4) is 5.88 Å². The van der Waals surface area contributed by atoms with Gasteiger partial charge in [-0.3, -0.25) is 14.0 Å². The highest BCUT2D eigenvalue weighted by atomic mass is 16.5. The Morgan fingerprint density at radius 1 is 1.26 bits per heavy atom. The third kappa shape index (κ3) is 3.50. The second-order valence-corrected chi connectivity index (χ2v) is 10.5. The smallest absolute Gasteiger partial charge is 0.274 e. The summed E-state index contributed by atoms with van der Waals surface area (Å²) in [6, 6.07) is 3.63. The van der Waals surface area contributed by atoms with Crippen LogP contribution in [0.25, 0.3) is 5.78 Å². The van der Waals surface area contributed by atoms with Gasteiger partial charge in [-0.25, -0.2) is 4.98 Å². The summed E-state index contributed by atoms with van der Waals surface area (Å²) in [7, 11) is 0. The topological polar surface area (TPSA) is 99.8 Å². The monoisotopic (exact) mass is 463 g/mol. The number of carbonyl (C=O) groups excluding carboxylic acids is 1. The predicted octanol–water partition coefficient (Wildman–Crippen LogP) is 3.48. The SMILES string of the molecule is CC(C)Oc1nc2nc(C34CC[C@@](C)(C3)OC4)cn2cc1C(=O)Nc1cccn(C2CC2)c1=O. The molecular formula is C25H29N5O4. The zero-order chi connectivity index (χ0) is 23.7. The molecule has 3 aromatic heterocycles. The molecule has 2 atom stereocenters. The molecule has 1 amide bonds. The van der Waals surface area contributed by atoms with E-state index in [2.05, 4.69) is 17.2 Å². The van der Waals surface area contributed by atoms with Gasteiger partial charge in [0.1, 0.15) is 11.3 Å². The van der Waals surface area contributed by atoms with E-state index in [-0.39, 0.29) is 45.9 Å². The number of nitrogens with one attached hydrogen (secondary N) is 1. The van der Waals surface area contributed by atoms with E-state index < -0.39 is 5.91 Å². The minimum absolute atomic E-state index is 0.0801. The van der Waals surface area contributed by atoms with E-state index in [4.69, 9.17) is 14.5 Å². The van der Waals surface area contributed by atoms with Crippen molar-refractivity contribution < 1.29 is 14.3 Å². The van der Waals surface area contributed by atoms with Gasteiger partial charge in [0, 0.05) is 30.0 Å². The van der Waals surface area contributed by atoms with Gasteiger partial charge < -0.3 is 19.4 Å². The molecule has 3 aromatic rings. The lowest BCUT2D eigenvalue weighted by molar-refractivity contribution is -0.00627. The lowest BCUT2D eigenvalue weighted by atomic mass is 9.84. The fraction of sp³-hybridized carbons (Fsp3) is 0.520. The molecule has 1 unspecified atom stereocenters. The Labute approximate surface area is 197 Å². The molecule has 1 N–H and O–H groups in total. The van der Waals surface area contributed by atoms with Crippen LogP contribution in [0.1, 0.15) is 75.0 Å². The molecule has 1 aliphatic heterocycles.